The number of allylic oxidation sites excluding steroid dienone is 1. The molecule has 12 heteroatoms. The van der Waals surface area contributed by atoms with Gasteiger partial charge in [0.05, 0.1) is 34.9 Å². The van der Waals surface area contributed by atoms with Crippen LogP contribution in [0.3, 0.4) is 0 Å². The topological polar surface area (TPSA) is 128 Å². The molecular weight excluding hydrogens is 665 g/mol. The van der Waals surface area contributed by atoms with Crippen LogP contribution in [0, 0.1) is 29.9 Å². The molecule has 5 aliphatic rings. The summed E-state index contributed by atoms with van der Waals surface area (Å²) in [5.41, 5.74) is 1.56. The number of carbonyl (C=O) groups excluding carboxylic acids is 3. The van der Waals surface area contributed by atoms with Gasteiger partial charge in [-0.3, -0.25) is 14.4 Å². The Hall–Kier alpha value is -4.28. The Morgan fingerprint density at radius 2 is 1.94 bits per heavy atom. The number of aryl methyl sites for hydroxylation is 1. The van der Waals surface area contributed by atoms with Gasteiger partial charge in [0.15, 0.2) is 5.82 Å². The van der Waals surface area contributed by atoms with E-state index < -0.39 is 34.0 Å². The van der Waals surface area contributed by atoms with Crippen molar-refractivity contribution in [2.75, 3.05) is 20.7 Å². The number of fused-ring (bicyclic) bond motifs is 3. The molecule has 1 aromatic carbocycles. The van der Waals surface area contributed by atoms with Gasteiger partial charge >= 0.3 is 0 Å². The van der Waals surface area contributed by atoms with Crippen LogP contribution in [0.5, 0.6) is 11.5 Å². The van der Waals surface area contributed by atoms with E-state index in [9.17, 15) is 14.4 Å². The first-order valence-corrected chi connectivity index (χ1v) is 19.7. The first-order valence-electron chi connectivity index (χ1n) is 18.4. The molecule has 0 bridgehead atoms. The summed E-state index contributed by atoms with van der Waals surface area (Å²) in [5.74, 6) is 0.463. The maximum absolute atomic E-state index is 14.3. The number of nitrogens with zero attached hydrogens (tertiary/aromatic N) is 4. The predicted molar refractivity (Wildman–Crippen MR) is 197 cm³/mol. The Labute approximate surface area is 301 Å². The van der Waals surface area contributed by atoms with Crippen LogP contribution in [-0.2, 0) is 14.4 Å². The molecule has 4 heterocycles. The third-order valence-electron chi connectivity index (χ3n) is 11.5. The van der Waals surface area contributed by atoms with Crippen LogP contribution in [0.4, 0.5) is 0 Å². The van der Waals surface area contributed by atoms with E-state index in [1.165, 1.54) is 0 Å². The number of thiol groups is 1. The molecule has 0 saturated heterocycles. The van der Waals surface area contributed by atoms with E-state index in [1.807, 2.05) is 44.4 Å². The van der Waals surface area contributed by atoms with Gasteiger partial charge in [0.1, 0.15) is 23.1 Å². The summed E-state index contributed by atoms with van der Waals surface area (Å²) >= 11 is 0. The fourth-order valence-corrected chi connectivity index (χ4v) is 9.91. The fraction of sp³-hybridized carbons (Fsp3) is 0.538. The minimum absolute atomic E-state index is 0.0559. The molecular formula is C39H48N6O5S. The van der Waals surface area contributed by atoms with Gasteiger partial charge in [0.2, 0.25) is 11.8 Å². The van der Waals surface area contributed by atoms with E-state index in [2.05, 4.69) is 41.2 Å². The summed E-state index contributed by atoms with van der Waals surface area (Å²) in [6, 6.07) is 7.73. The third kappa shape index (κ3) is 6.20. The van der Waals surface area contributed by atoms with E-state index in [0.717, 1.165) is 54.3 Å². The molecule has 11 nitrogen and oxygen atoms in total. The van der Waals surface area contributed by atoms with Gasteiger partial charge < -0.3 is 24.4 Å². The van der Waals surface area contributed by atoms with Crippen molar-refractivity contribution in [2.45, 2.75) is 94.4 Å². The average Bonchev–Trinajstić information content (AvgIpc) is 4.05. The monoisotopic (exact) mass is 712 g/mol. The van der Waals surface area contributed by atoms with Crippen LogP contribution in [0.1, 0.15) is 82.4 Å². The highest BCUT2D eigenvalue weighted by Crippen LogP contribution is 2.60. The van der Waals surface area contributed by atoms with E-state index in [1.54, 1.807) is 16.7 Å². The number of carbonyl (C=O) groups is 3. The first kappa shape index (κ1) is 33.8. The Bertz CT molecular complexity index is 2060. The zero-order valence-corrected chi connectivity index (χ0v) is 31.0. The number of hydrogen-bond donors (Lipinski definition) is 3. The van der Waals surface area contributed by atoms with E-state index >= 15 is 0 Å². The number of methoxy groups -OCH3 is 1. The quantitative estimate of drug-likeness (QED) is 0.236. The lowest BCUT2D eigenvalue weighted by Crippen LogP contribution is -2.52. The minimum atomic E-state index is -0.996. The fourth-order valence-electron chi connectivity index (χ4n) is 7.94. The summed E-state index contributed by atoms with van der Waals surface area (Å²) in [6.07, 6.45) is 11.9. The highest BCUT2D eigenvalue weighted by Gasteiger charge is 2.62. The summed E-state index contributed by atoms with van der Waals surface area (Å²) in [6.45, 7) is 6.79. The van der Waals surface area contributed by atoms with Crippen molar-refractivity contribution in [3.05, 3.63) is 53.9 Å². The molecule has 3 aromatic rings. The number of rotatable bonds is 6. The second-order valence-corrected chi connectivity index (χ2v) is 17.4. The molecule has 0 radical (unpaired) electrons. The third-order valence-corrected chi connectivity index (χ3v) is 13.8. The van der Waals surface area contributed by atoms with Crippen molar-refractivity contribution in [2.24, 2.45) is 17.8 Å². The number of benzene rings is 1. The molecule has 6 atom stereocenters. The molecule has 2 aliphatic heterocycles. The largest absolute Gasteiger partial charge is 0.496 e. The lowest BCUT2D eigenvalue weighted by molar-refractivity contribution is -0.140. The normalized spacial score (nSPS) is 30.0. The Kier molecular flexibility index (Phi) is 8.45. The molecule has 3 fully saturated rings. The van der Waals surface area contributed by atoms with Crippen molar-refractivity contribution >= 4 is 39.1 Å². The van der Waals surface area contributed by atoms with E-state index in [4.69, 9.17) is 19.6 Å². The standard InChI is InChI=1S/C39H48N6O5S/c1-23(2)30-13-17-45(42-30)33-20-32(27-11-12-31(49-5)24(3)34(27)40-33)50-26-18-28-29(19-26)36(47)44(4)16-9-7-6-8-10-25-21-39(25,41-35(28)46)37(48)43-51-22-38(51)14-15-38/h8,10-13,17,20,23,25-26,28-29,51H,6-7,9,14-16,18-19,21H2,1-5H3,(H,41,46)(H,43,48)/b10-8-/t25-,26-,28-,29-,39-/m1/s1. The summed E-state index contributed by atoms with van der Waals surface area (Å²) in [5, 5.41) is 12.2. The second-order valence-electron chi connectivity index (χ2n) is 15.4. The highest BCUT2D eigenvalue weighted by atomic mass is 32.2. The van der Waals surface area contributed by atoms with Gasteiger partial charge in [-0.15, -0.1) is 10.5 Å². The Morgan fingerprint density at radius 3 is 2.67 bits per heavy atom. The molecule has 51 heavy (non-hydrogen) atoms. The van der Waals surface area contributed by atoms with Crippen LogP contribution < -0.4 is 19.5 Å². The van der Waals surface area contributed by atoms with Crippen LogP contribution in [0.15, 0.2) is 42.6 Å². The zero-order valence-electron chi connectivity index (χ0n) is 30.1. The number of ether oxygens (including phenoxy) is 2. The van der Waals surface area contributed by atoms with Crippen LogP contribution >= 0.6 is 10.5 Å². The predicted octanol–water partition coefficient (Wildman–Crippen LogP) is 5.25. The number of pyridine rings is 1. The Balaban J connectivity index is 1.10. The molecule has 2 N–H and O–H groups in total. The maximum atomic E-state index is 14.3. The zero-order chi connectivity index (χ0) is 35.7. The molecule has 3 aliphatic carbocycles. The second kappa shape index (κ2) is 12.7. The first-order chi connectivity index (χ1) is 24.5. The molecule has 2 aromatic heterocycles. The molecule has 1 unspecified atom stereocenters. The molecule has 8 rings (SSSR count). The van der Waals surface area contributed by atoms with Crippen molar-refractivity contribution in [1.29, 1.82) is 0 Å². The van der Waals surface area contributed by atoms with Crippen molar-refractivity contribution in [3.63, 3.8) is 0 Å². The van der Waals surface area contributed by atoms with Crippen LogP contribution in [0.25, 0.3) is 16.7 Å². The average molecular weight is 713 g/mol. The van der Waals surface area contributed by atoms with Gasteiger partial charge in [-0.1, -0.05) is 31.2 Å². The van der Waals surface area contributed by atoms with Crippen LogP contribution in [-0.4, -0.2) is 74.5 Å². The van der Waals surface area contributed by atoms with E-state index in [0.29, 0.717) is 43.1 Å². The van der Waals surface area contributed by atoms with Crippen LogP contribution in [0.2, 0.25) is 0 Å². The summed E-state index contributed by atoms with van der Waals surface area (Å²) < 4.78 is 17.6. The van der Waals surface area contributed by atoms with Gasteiger partial charge in [-0.2, -0.15) is 5.10 Å². The molecule has 1 spiro atoms. The van der Waals surface area contributed by atoms with E-state index in [-0.39, 0.29) is 34.3 Å². The highest BCUT2D eigenvalue weighted by molar-refractivity contribution is 8.12. The van der Waals surface area contributed by atoms with Crippen molar-refractivity contribution in [1.82, 2.24) is 29.7 Å². The van der Waals surface area contributed by atoms with Gasteiger partial charge in [0, 0.05) is 42.7 Å². The number of aromatic nitrogens is 3. The minimum Gasteiger partial charge on any atom is -0.496 e. The smallest absolute Gasteiger partial charge is 0.255 e. The number of nitrogens with one attached hydrogen (secondary N) is 2. The van der Waals surface area contributed by atoms with Gasteiger partial charge in [-0.05, 0) is 82.4 Å². The lowest BCUT2D eigenvalue weighted by atomic mass is 9.93. The van der Waals surface area contributed by atoms with Crippen molar-refractivity contribution in [3.8, 4) is 22.5 Å². The summed E-state index contributed by atoms with van der Waals surface area (Å²) in [7, 11) is 2.73. The van der Waals surface area contributed by atoms with Crippen molar-refractivity contribution < 1.29 is 23.9 Å². The van der Waals surface area contributed by atoms with Gasteiger partial charge in [-0.25, -0.2) is 9.67 Å². The molecule has 270 valence electrons. The Morgan fingerprint density at radius 1 is 1.14 bits per heavy atom. The number of amides is 3. The lowest BCUT2D eigenvalue weighted by Gasteiger charge is -2.26. The molecule has 3 saturated carbocycles. The van der Waals surface area contributed by atoms with Gasteiger partial charge in [0.25, 0.3) is 5.91 Å². The maximum Gasteiger partial charge on any atom is 0.255 e. The molecule has 3 amide bonds. The number of hydrogen-bond acceptors (Lipinski definition) is 7. The summed E-state index contributed by atoms with van der Waals surface area (Å²) in [4.78, 5) is 49.0. The SMILES string of the molecule is COc1ccc2c(O[C@@H]3C[C@H]4C(=O)N[C@]5(C(=O)N[SH]6#CC67CC7)C[C@H]5/C=C\CCCCN(C)C(=O)[C@@H]4C3)cc(-n3ccc(C(C)C)n3)nc2c1C.